The monoisotopic (exact) mass is 424 g/mol. The van der Waals surface area contributed by atoms with Gasteiger partial charge in [-0.25, -0.2) is 17.6 Å². The van der Waals surface area contributed by atoms with Gasteiger partial charge >= 0.3 is 0 Å². The Balaban J connectivity index is 1.68. The molecule has 0 fully saturated rings. The van der Waals surface area contributed by atoms with Crippen LogP contribution in [-0.2, 0) is 25.7 Å². The van der Waals surface area contributed by atoms with Gasteiger partial charge in [-0.3, -0.25) is 0 Å². The fraction of sp³-hybridized carbons (Fsp3) is 0.259. The third-order valence-corrected chi connectivity index (χ3v) is 6.03. The van der Waals surface area contributed by atoms with E-state index in [-0.39, 0.29) is 28.9 Å². The van der Waals surface area contributed by atoms with E-state index in [9.17, 15) is 13.2 Å². The first-order valence-corrected chi connectivity index (χ1v) is 10.7. The zero-order valence-corrected chi connectivity index (χ0v) is 17.7. The minimum Gasteiger partial charge on any atom is -0.206 e. The molecule has 0 saturated heterocycles. The van der Waals surface area contributed by atoms with Gasteiger partial charge in [0, 0.05) is 16.7 Å². The van der Waals surface area contributed by atoms with Crippen molar-refractivity contribution in [3.05, 3.63) is 99.6 Å². The number of hydrogen-bond acceptors (Lipinski definition) is 0. The van der Waals surface area contributed by atoms with Crippen LogP contribution in [-0.4, -0.2) is 0 Å². The number of fused-ring (bicyclic) bond motifs is 1. The Bertz CT molecular complexity index is 1170. The molecule has 1 aliphatic rings. The van der Waals surface area contributed by atoms with Crippen LogP contribution in [0.25, 0.3) is 16.7 Å². The summed E-state index contributed by atoms with van der Waals surface area (Å²) in [6, 6.07) is 11.4. The van der Waals surface area contributed by atoms with E-state index in [1.165, 1.54) is 18.2 Å². The quantitative estimate of drug-likeness (QED) is 0.370. The maximum absolute atomic E-state index is 15.3. The normalized spacial score (nSPS) is 13.2. The molecule has 0 amide bonds. The molecular weight excluding hydrogens is 400 g/mol. The highest BCUT2D eigenvalue weighted by atomic mass is 19.2. The Kier molecular flexibility index (Phi) is 5.99. The number of aryl methyl sites for hydroxylation is 2. The molecule has 0 saturated carbocycles. The molecule has 1 aliphatic carbocycles. The first kappa shape index (κ1) is 21.4. The lowest BCUT2D eigenvalue weighted by atomic mass is 9.85. The van der Waals surface area contributed by atoms with Gasteiger partial charge in [-0.05, 0) is 59.6 Å². The predicted molar refractivity (Wildman–Crippen MR) is 117 cm³/mol. The SMILES string of the molecule is CCCc1ccc(C2=CCc3c(ccc(-c4ccc(CC)c(F)c4F)c3F)C2)c(F)c1. The van der Waals surface area contributed by atoms with E-state index in [4.69, 9.17) is 0 Å². The number of rotatable bonds is 5. The molecule has 31 heavy (non-hydrogen) atoms. The molecule has 4 rings (SSSR count). The van der Waals surface area contributed by atoms with E-state index < -0.39 is 17.5 Å². The van der Waals surface area contributed by atoms with E-state index in [1.54, 1.807) is 25.1 Å². The molecule has 3 aromatic carbocycles. The molecular formula is C27H24F4. The topological polar surface area (TPSA) is 0 Å². The molecule has 0 bridgehead atoms. The highest BCUT2D eigenvalue weighted by Crippen LogP contribution is 2.36. The average Bonchev–Trinajstić information content (AvgIpc) is 2.76. The lowest BCUT2D eigenvalue weighted by Gasteiger charge is -2.20. The second-order valence-corrected chi connectivity index (χ2v) is 7.99. The van der Waals surface area contributed by atoms with Gasteiger partial charge in [0.15, 0.2) is 11.6 Å². The van der Waals surface area contributed by atoms with Crippen LogP contribution in [0, 0.1) is 23.3 Å². The van der Waals surface area contributed by atoms with Gasteiger partial charge in [0.1, 0.15) is 11.6 Å². The van der Waals surface area contributed by atoms with Gasteiger partial charge in [0.05, 0.1) is 0 Å². The van der Waals surface area contributed by atoms with Crippen LogP contribution in [0.5, 0.6) is 0 Å². The fourth-order valence-corrected chi connectivity index (χ4v) is 4.30. The van der Waals surface area contributed by atoms with Crippen LogP contribution in [0.15, 0.2) is 48.5 Å². The van der Waals surface area contributed by atoms with Crippen molar-refractivity contribution in [3.63, 3.8) is 0 Å². The van der Waals surface area contributed by atoms with Crippen molar-refractivity contribution in [2.24, 2.45) is 0 Å². The van der Waals surface area contributed by atoms with E-state index in [0.29, 0.717) is 24.0 Å². The van der Waals surface area contributed by atoms with Crippen LogP contribution < -0.4 is 0 Å². The molecule has 3 aromatic rings. The summed E-state index contributed by atoms with van der Waals surface area (Å²) < 4.78 is 58.7. The van der Waals surface area contributed by atoms with Crippen LogP contribution in [0.3, 0.4) is 0 Å². The fourth-order valence-electron chi connectivity index (χ4n) is 4.30. The minimum absolute atomic E-state index is 0.0461. The van der Waals surface area contributed by atoms with E-state index in [1.807, 2.05) is 19.1 Å². The lowest BCUT2D eigenvalue weighted by molar-refractivity contribution is 0.501. The number of benzene rings is 3. The number of hydrogen-bond donors (Lipinski definition) is 0. The van der Waals surface area contributed by atoms with E-state index >= 15 is 4.39 Å². The second-order valence-electron chi connectivity index (χ2n) is 7.99. The van der Waals surface area contributed by atoms with E-state index in [2.05, 4.69) is 0 Å². The van der Waals surface area contributed by atoms with Crippen molar-refractivity contribution in [3.8, 4) is 11.1 Å². The summed E-state index contributed by atoms with van der Waals surface area (Å²) in [5.41, 5.74) is 3.71. The molecule has 0 spiro atoms. The van der Waals surface area contributed by atoms with Gasteiger partial charge < -0.3 is 0 Å². The predicted octanol–water partition coefficient (Wildman–Crippen LogP) is 7.61. The van der Waals surface area contributed by atoms with Crippen LogP contribution in [0.2, 0.25) is 0 Å². The Morgan fingerprint density at radius 2 is 1.48 bits per heavy atom. The third-order valence-electron chi connectivity index (χ3n) is 6.03. The maximum Gasteiger partial charge on any atom is 0.167 e. The van der Waals surface area contributed by atoms with Crippen molar-refractivity contribution >= 4 is 5.57 Å². The van der Waals surface area contributed by atoms with Crippen molar-refractivity contribution in [2.45, 2.75) is 46.0 Å². The summed E-state index contributed by atoms with van der Waals surface area (Å²) in [5, 5.41) is 0. The zero-order valence-electron chi connectivity index (χ0n) is 17.7. The Hall–Kier alpha value is -2.88. The lowest BCUT2D eigenvalue weighted by Crippen LogP contribution is -2.08. The summed E-state index contributed by atoms with van der Waals surface area (Å²) in [7, 11) is 0. The molecule has 160 valence electrons. The van der Waals surface area contributed by atoms with Crippen LogP contribution >= 0.6 is 0 Å². The molecule has 0 aliphatic heterocycles. The average molecular weight is 424 g/mol. The molecule has 0 N–H and O–H groups in total. The minimum atomic E-state index is -1.03. The third kappa shape index (κ3) is 3.91. The maximum atomic E-state index is 15.3. The first-order chi connectivity index (χ1) is 14.9. The van der Waals surface area contributed by atoms with E-state index in [0.717, 1.165) is 29.5 Å². The summed E-state index contributed by atoms with van der Waals surface area (Å²) >= 11 is 0. The second kappa shape index (κ2) is 8.70. The van der Waals surface area contributed by atoms with Crippen molar-refractivity contribution in [1.82, 2.24) is 0 Å². The summed E-state index contributed by atoms with van der Waals surface area (Å²) in [6.07, 6.45) is 4.62. The Morgan fingerprint density at radius 3 is 2.19 bits per heavy atom. The molecule has 0 radical (unpaired) electrons. The van der Waals surface area contributed by atoms with Crippen LogP contribution in [0.1, 0.15) is 48.1 Å². The molecule has 0 atom stereocenters. The summed E-state index contributed by atoms with van der Waals surface area (Å²) in [5.74, 6) is -2.78. The highest BCUT2D eigenvalue weighted by Gasteiger charge is 2.23. The first-order valence-electron chi connectivity index (χ1n) is 10.7. The summed E-state index contributed by atoms with van der Waals surface area (Å²) in [4.78, 5) is 0. The molecule has 0 aromatic heterocycles. The molecule has 4 heteroatoms. The Labute approximate surface area is 180 Å². The van der Waals surface area contributed by atoms with Crippen molar-refractivity contribution in [2.75, 3.05) is 0 Å². The van der Waals surface area contributed by atoms with Gasteiger partial charge in [0.25, 0.3) is 0 Å². The van der Waals surface area contributed by atoms with Gasteiger partial charge in [-0.2, -0.15) is 0 Å². The smallest absolute Gasteiger partial charge is 0.167 e. The Morgan fingerprint density at radius 1 is 0.774 bits per heavy atom. The molecule has 0 unspecified atom stereocenters. The van der Waals surface area contributed by atoms with Gasteiger partial charge in [-0.1, -0.05) is 62.7 Å². The van der Waals surface area contributed by atoms with Gasteiger partial charge in [0.2, 0.25) is 0 Å². The van der Waals surface area contributed by atoms with Crippen molar-refractivity contribution < 1.29 is 17.6 Å². The molecule has 0 heterocycles. The largest absolute Gasteiger partial charge is 0.206 e. The van der Waals surface area contributed by atoms with Gasteiger partial charge in [-0.15, -0.1) is 0 Å². The highest BCUT2D eigenvalue weighted by molar-refractivity contribution is 5.74. The van der Waals surface area contributed by atoms with Crippen molar-refractivity contribution in [1.29, 1.82) is 0 Å². The summed E-state index contributed by atoms with van der Waals surface area (Å²) in [6.45, 7) is 3.79. The number of halogens is 4. The van der Waals surface area contributed by atoms with Crippen LogP contribution in [0.4, 0.5) is 17.6 Å². The molecule has 0 nitrogen and oxygen atoms in total. The zero-order chi connectivity index (χ0) is 22.1. The number of allylic oxidation sites excluding steroid dienone is 2. The standard InChI is InChI=1S/C27H24F4/c1-3-5-16-6-10-20(24(28)14-16)18-8-11-21-19(15-18)9-13-22(26(21)30)23-12-7-17(4-2)25(29)27(23)31/h6-10,12-14H,3-5,11,15H2,1-2H3.